The van der Waals surface area contributed by atoms with Gasteiger partial charge in [0.1, 0.15) is 5.25 Å². The van der Waals surface area contributed by atoms with Gasteiger partial charge in [-0.15, -0.1) is 11.8 Å². The van der Waals surface area contributed by atoms with Crippen LogP contribution in [0.3, 0.4) is 0 Å². The summed E-state index contributed by atoms with van der Waals surface area (Å²) in [6.07, 6.45) is 0. The maximum atomic E-state index is 13.5. The highest BCUT2D eigenvalue weighted by Crippen LogP contribution is 2.37. The molecule has 0 saturated heterocycles. The Morgan fingerprint density at radius 1 is 0.811 bits per heavy atom. The van der Waals surface area contributed by atoms with Gasteiger partial charge in [-0.2, -0.15) is 0 Å². The Labute approximate surface area is 224 Å². The van der Waals surface area contributed by atoms with E-state index in [2.05, 4.69) is 10.6 Å². The SMILES string of the molecule is COC(=O)c1ccccc1NC(=O)C(Sc1cccc(NC(=O)c2cccc(Cl)c2)c1)c1ccccc1. The van der Waals surface area contributed by atoms with Crippen LogP contribution in [0.2, 0.25) is 5.02 Å². The summed E-state index contributed by atoms with van der Waals surface area (Å²) in [7, 11) is 1.29. The molecule has 4 aromatic carbocycles. The van der Waals surface area contributed by atoms with Crippen molar-refractivity contribution in [1.82, 2.24) is 0 Å². The normalized spacial score (nSPS) is 11.3. The lowest BCUT2D eigenvalue weighted by molar-refractivity contribution is -0.115. The van der Waals surface area contributed by atoms with Crippen LogP contribution in [0.15, 0.2) is 108 Å². The van der Waals surface area contributed by atoms with Gasteiger partial charge in [0.05, 0.1) is 18.4 Å². The van der Waals surface area contributed by atoms with Gasteiger partial charge in [-0.1, -0.05) is 66.2 Å². The number of para-hydroxylation sites is 1. The fraction of sp³-hybridized carbons (Fsp3) is 0.0690. The van der Waals surface area contributed by atoms with Gasteiger partial charge in [-0.25, -0.2) is 4.79 Å². The van der Waals surface area contributed by atoms with Crippen LogP contribution in [0.4, 0.5) is 11.4 Å². The fourth-order valence-electron chi connectivity index (χ4n) is 3.60. The second-order valence-corrected chi connectivity index (χ2v) is 9.54. The molecule has 0 aliphatic heterocycles. The average Bonchev–Trinajstić information content (AvgIpc) is 2.92. The largest absolute Gasteiger partial charge is 0.465 e. The molecular formula is C29H23ClN2O4S. The summed E-state index contributed by atoms with van der Waals surface area (Å²) >= 11 is 7.34. The number of rotatable bonds is 8. The molecule has 0 heterocycles. The third kappa shape index (κ3) is 6.78. The molecule has 186 valence electrons. The Bertz CT molecular complexity index is 1430. The molecule has 8 heteroatoms. The van der Waals surface area contributed by atoms with Crippen LogP contribution in [-0.2, 0) is 9.53 Å². The minimum absolute atomic E-state index is 0.265. The molecular weight excluding hydrogens is 508 g/mol. The first kappa shape index (κ1) is 26.0. The molecule has 2 N–H and O–H groups in total. The molecule has 0 aliphatic rings. The minimum Gasteiger partial charge on any atom is -0.465 e. The van der Waals surface area contributed by atoms with Crippen LogP contribution >= 0.6 is 23.4 Å². The Balaban J connectivity index is 1.57. The van der Waals surface area contributed by atoms with Crippen molar-refractivity contribution in [3.8, 4) is 0 Å². The standard InChI is InChI=1S/C29H23ClN2O4S/c1-36-29(35)24-15-5-6-16-25(24)32-28(34)26(19-9-3-2-4-10-19)37-23-14-8-13-22(18-23)31-27(33)20-11-7-12-21(30)17-20/h2-18,26H,1H3,(H,31,33)(H,32,34). The molecule has 4 aromatic rings. The molecule has 4 rings (SSSR count). The van der Waals surface area contributed by atoms with E-state index in [1.807, 2.05) is 42.5 Å². The quantitative estimate of drug-likeness (QED) is 0.192. The Hall–Kier alpha value is -4.07. The fourth-order valence-corrected chi connectivity index (χ4v) is 4.87. The van der Waals surface area contributed by atoms with Gasteiger partial charge in [0.25, 0.3) is 5.91 Å². The summed E-state index contributed by atoms with van der Waals surface area (Å²) in [5, 5.41) is 5.59. The summed E-state index contributed by atoms with van der Waals surface area (Å²) in [5.41, 5.74) is 2.44. The number of ether oxygens (including phenoxy) is 1. The van der Waals surface area contributed by atoms with E-state index in [0.29, 0.717) is 22.0 Å². The number of amides is 2. The van der Waals surface area contributed by atoms with Crippen molar-refractivity contribution in [2.45, 2.75) is 10.1 Å². The molecule has 0 spiro atoms. The van der Waals surface area contributed by atoms with Gasteiger partial charge < -0.3 is 15.4 Å². The van der Waals surface area contributed by atoms with Crippen molar-refractivity contribution in [3.05, 3.63) is 125 Å². The molecule has 37 heavy (non-hydrogen) atoms. The van der Waals surface area contributed by atoms with Crippen molar-refractivity contribution >= 4 is 52.5 Å². The zero-order valence-corrected chi connectivity index (χ0v) is 21.4. The monoisotopic (exact) mass is 530 g/mol. The van der Waals surface area contributed by atoms with E-state index < -0.39 is 11.2 Å². The second-order valence-electron chi connectivity index (χ2n) is 7.93. The summed E-state index contributed by atoms with van der Waals surface area (Å²) < 4.78 is 4.85. The van der Waals surface area contributed by atoms with Crippen LogP contribution in [0.5, 0.6) is 0 Å². The molecule has 0 radical (unpaired) electrons. The third-order valence-electron chi connectivity index (χ3n) is 5.36. The van der Waals surface area contributed by atoms with E-state index in [1.165, 1.54) is 18.9 Å². The molecule has 0 bridgehead atoms. The number of esters is 1. The number of hydrogen-bond acceptors (Lipinski definition) is 5. The number of hydrogen-bond donors (Lipinski definition) is 2. The van der Waals surface area contributed by atoms with Crippen LogP contribution < -0.4 is 10.6 Å². The molecule has 1 unspecified atom stereocenters. The molecule has 6 nitrogen and oxygen atoms in total. The lowest BCUT2D eigenvalue weighted by atomic mass is 10.1. The van der Waals surface area contributed by atoms with Gasteiger partial charge in [0, 0.05) is 21.2 Å². The number of thioether (sulfide) groups is 1. The first-order chi connectivity index (χ1) is 17.9. The van der Waals surface area contributed by atoms with Gasteiger partial charge in [0.15, 0.2) is 0 Å². The number of halogens is 1. The van der Waals surface area contributed by atoms with E-state index in [-0.39, 0.29) is 17.4 Å². The van der Waals surface area contributed by atoms with Crippen LogP contribution in [0.1, 0.15) is 31.5 Å². The van der Waals surface area contributed by atoms with Gasteiger partial charge in [-0.3, -0.25) is 9.59 Å². The maximum absolute atomic E-state index is 13.5. The van der Waals surface area contributed by atoms with Gasteiger partial charge in [0.2, 0.25) is 5.91 Å². The molecule has 0 aliphatic carbocycles. The highest BCUT2D eigenvalue weighted by molar-refractivity contribution is 8.00. The number of anilines is 2. The molecule has 0 fully saturated rings. The van der Waals surface area contributed by atoms with Crippen molar-refractivity contribution in [1.29, 1.82) is 0 Å². The smallest absolute Gasteiger partial charge is 0.339 e. The lowest BCUT2D eigenvalue weighted by Crippen LogP contribution is -2.21. The highest BCUT2D eigenvalue weighted by atomic mass is 35.5. The van der Waals surface area contributed by atoms with E-state index in [1.54, 1.807) is 60.7 Å². The first-order valence-corrected chi connectivity index (χ1v) is 12.6. The van der Waals surface area contributed by atoms with E-state index >= 15 is 0 Å². The predicted octanol–water partition coefficient (Wildman–Crippen LogP) is 6.85. The lowest BCUT2D eigenvalue weighted by Gasteiger charge is -2.18. The molecule has 2 amide bonds. The minimum atomic E-state index is -0.634. The summed E-state index contributed by atoms with van der Waals surface area (Å²) in [6.45, 7) is 0. The maximum Gasteiger partial charge on any atom is 0.339 e. The van der Waals surface area contributed by atoms with E-state index in [9.17, 15) is 14.4 Å². The summed E-state index contributed by atoms with van der Waals surface area (Å²) in [6, 6.07) is 30.0. The van der Waals surface area contributed by atoms with Gasteiger partial charge >= 0.3 is 5.97 Å². The zero-order valence-electron chi connectivity index (χ0n) is 19.8. The van der Waals surface area contributed by atoms with Crippen molar-refractivity contribution in [2.75, 3.05) is 17.7 Å². The highest BCUT2D eigenvalue weighted by Gasteiger charge is 2.24. The Morgan fingerprint density at radius 3 is 2.30 bits per heavy atom. The van der Waals surface area contributed by atoms with Crippen molar-refractivity contribution < 1.29 is 19.1 Å². The number of benzene rings is 4. The third-order valence-corrected chi connectivity index (χ3v) is 6.85. The number of carbonyl (C=O) groups is 3. The van der Waals surface area contributed by atoms with E-state index in [4.69, 9.17) is 16.3 Å². The molecule has 0 aromatic heterocycles. The second kappa shape index (κ2) is 12.3. The number of nitrogens with one attached hydrogen (secondary N) is 2. The van der Waals surface area contributed by atoms with Gasteiger partial charge in [-0.05, 0) is 54.1 Å². The van der Waals surface area contributed by atoms with Crippen molar-refractivity contribution in [3.63, 3.8) is 0 Å². The predicted molar refractivity (Wildman–Crippen MR) is 147 cm³/mol. The van der Waals surface area contributed by atoms with Crippen LogP contribution in [0.25, 0.3) is 0 Å². The first-order valence-electron chi connectivity index (χ1n) is 11.3. The zero-order chi connectivity index (χ0) is 26.2. The average molecular weight is 531 g/mol. The van der Waals surface area contributed by atoms with Crippen molar-refractivity contribution in [2.24, 2.45) is 0 Å². The van der Waals surface area contributed by atoms with E-state index in [0.717, 1.165) is 10.5 Å². The molecule has 1 atom stereocenters. The molecule has 0 saturated carbocycles. The Kier molecular flexibility index (Phi) is 8.61. The number of methoxy groups -OCH3 is 1. The summed E-state index contributed by atoms with van der Waals surface area (Å²) in [4.78, 5) is 39.1. The van der Waals surface area contributed by atoms with Crippen LogP contribution in [-0.4, -0.2) is 24.9 Å². The number of carbonyl (C=O) groups excluding carboxylic acids is 3. The Morgan fingerprint density at radius 2 is 1.54 bits per heavy atom. The topological polar surface area (TPSA) is 84.5 Å². The van der Waals surface area contributed by atoms with Crippen LogP contribution in [0, 0.1) is 0 Å². The summed E-state index contributed by atoms with van der Waals surface area (Å²) in [5.74, 6) is -1.13.